The molecule has 0 amide bonds. The van der Waals surface area contributed by atoms with Gasteiger partial charge in [0.05, 0.1) is 12.6 Å². The van der Waals surface area contributed by atoms with Crippen LogP contribution in [0.3, 0.4) is 0 Å². The predicted molar refractivity (Wildman–Crippen MR) is 60.9 cm³/mol. The number of nitrogens with one attached hydrogen (secondary N) is 1. The van der Waals surface area contributed by atoms with Crippen LogP contribution in [0.1, 0.15) is 32.3 Å². The number of hydrogen-bond donors (Lipinski definition) is 1. The first-order valence-corrected chi connectivity index (χ1v) is 5.51. The van der Waals surface area contributed by atoms with Crippen molar-refractivity contribution in [1.29, 1.82) is 0 Å². The molecule has 0 bridgehead atoms. The first-order valence-electron chi connectivity index (χ1n) is 5.51. The van der Waals surface area contributed by atoms with Crippen LogP contribution in [-0.4, -0.2) is 19.3 Å². The van der Waals surface area contributed by atoms with Crippen molar-refractivity contribution < 1.29 is 9.15 Å². The summed E-state index contributed by atoms with van der Waals surface area (Å²) in [6.45, 7) is 7.01. The average molecular weight is 211 g/mol. The van der Waals surface area contributed by atoms with Crippen LogP contribution in [0.4, 0.5) is 0 Å². The van der Waals surface area contributed by atoms with Gasteiger partial charge in [-0.1, -0.05) is 6.92 Å². The van der Waals surface area contributed by atoms with Crippen LogP contribution >= 0.6 is 0 Å². The minimum absolute atomic E-state index is 0.214. The van der Waals surface area contributed by atoms with Crippen molar-refractivity contribution >= 4 is 0 Å². The summed E-state index contributed by atoms with van der Waals surface area (Å²) in [5.74, 6) is 2.03. The van der Waals surface area contributed by atoms with Crippen LogP contribution in [0.2, 0.25) is 0 Å². The molecule has 0 aliphatic rings. The van der Waals surface area contributed by atoms with E-state index in [1.807, 2.05) is 12.1 Å². The largest absolute Gasteiger partial charge is 0.465 e. The van der Waals surface area contributed by atoms with Crippen molar-refractivity contribution in [2.75, 3.05) is 7.11 Å². The van der Waals surface area contributed by atoms with Crippen LogP contribution < -0.4 is 5.32 Å². The maximum absolute atomic E-state index is 5.59. The minimum atomic E-state index is 0.214. The Morgan fingerprint density at radius 2 is 2.00 bits per heavy atom. The Bertz CT molecular complexity index is 283. The summed E-state index contributed by atoms with van der Waals surface area (Å²) < 4.78 is 10.8. The summed E-state index contributed by atoms with van der Waals surface area (Å²) in [6, 6.07) is 4.38. The molecule has 1 heterocycles. The summed E-state index contributed by atoms with van der Waals surface area (Å²) in [5.41, 5.74) is 0. The number of methoxy groups -OCH3 is 1. The third kappa shape index (κ3) is 3.68. The van der Waals surface area contributed by atoms with E-state index < -0.39 is 0 Å². The van der Waals surface area contributed by atoms with Crippen molar-refractivity contribution in [3.63, 3.8) is 0 Å². The summed E-state index contributed by atoms with van der Waals surface area (Å²) in [7, 11) is 1.73. The molecule has 0 radical (unpaired) electrons. The second-order valence-corrected chi connectivity index (χ2v) is 3.83. The predicted octanol–water partition coefficient (Wildman–Crippen LogP) is 2.36. The molecular weight excluding hydrogens is 190 g/mol. The lowest BCUT2D eigenvalue weighted by Crippen LogP contribution is -2.36. The van der Waals surface area contributed by atoms with Gasteiger partial charge in [0.25, 0.3) is 0 Å². The van der Waals surface area contributed by atoms with Gasteiger partial charge < -0.3 is 14.5 Å². The highest BCUT2D eigenvalue weighted by atomic mass is 16.5. The Balaban J connectivity index is 2.36. The lowest BCUT2D eigenvalue weighted by atomic mass is 10.2. The Kier molecular flexibility index (Phi) is 4.85. The Labute approximate surface area is 91.8 Å². The topological polar surface area (TPSA) is 34.4 Å². The van der Waals surface area contributed by atoms with Gasteiger partial charge in [0.1, 0.15) is 11.5 Å². The van der Waals surface area contributed by atoms with Crippen LogP contribution in [0.15, 0.2) is 16.5 Å². The van der Waals surface area contributed by atoms with Crippen molar-refractivity contribution in [2.45, 2.75) is 45.9 Å². The van der Waals surface area contributed by atoms with Gasteiger partial charge in [-0.2, -0.15) is 0 Å². The maximum Gasteiger partial charge on any atom is 0.117 e. The standard InChI is InChI=1S/C12H21NO2/c1-5-11-6-7-12(15-11)8-13-9(2)10(3)14-4/h6-7,9-10,13H,5,8H2,1-4H3/t9-,10-/m0/s1. The fraction of sp³-hybridized carbons (Fsp3) is 0.667. The number of ether oxygens (including phenoxy) is 1. The van der Waals surface area contributed by atoms with E-state index in [-0.39, 0.29) is 6.10 Å². The van der Waals surface area contributed by atoms with Crippen LogP contribution in [0.5, 0.6) is 0 Å². The monoisotopic (exact) mass is 211 g/mol. The highest BCUT2D eigenvalue weighted by molar-refractivity contribution is 5.06. The maximum atomic E-state index is 5.59. The molecule has 0 unspecified atom stereocenters. The number of aryl methyl sites for hydroxylation is 1. The summed E-state index contributed by atoms with van der Waals surface area (Å²) in [6.07, 6.45) is 1.16. The van der Waals surface area contributed by atoms with Gasteiger partial charge in [-0.25, -0.2) is 0 Å². The highest BCUT2D eigenvalue weighted by Crippen LogP contribution is 2.08. The summed E-state index contributed by atoms with van der Waals surface area (Å²) in [5, 5.41) is 3.37. The molecular formula is C12H21NO2. The molecule has 15 heavy (non-hydrogen) atoms. The summed E-state index contributed by atoms with van der Waals surface area (Å²) >= 11 is 0. The number of rotatable bonds is 6. The molecule has 3 heteroatoms. The fourth-order valence-corrected chi connectivity index (χ4v) is 1.34. The van der Waals surface area contributed by atoms with E-state index in [1.165, 1.54) is 0 Å². The zero-order valence-electron chi connectivity index (χ0n) is 10.0. The zero-order chi connectivity index (χ0) is 11.3. The zero-order valence-corrected chi connectivity index (χ0v) is 10.0. The minimum Gasteiger partial charge on any atom is -0.465 e. The average Bonchev–Trinajstić information content (AvgIpc) is 2.72. The first kappa shape index (κ1) is 12.3. The first-order chi connectivity index (χ1) is 7.17. The molecule has 86 valence electrons. The van der Waals surface area contributed by atoms with E-state index >= 15 is 0 Å². The number of furan rings is 1. The van der Waals surface area contributed by atoms with Gasteiger partial charge in [-0.15, -0.1) is 0 Å². The Hall–Kier alpha value is -0.800. The highest BCUT2D eigenvalue weighted by Gasteiger charge is 2.10. The molecule has 0 fully saturated rings. The molecule has 0 aliphatic carbocycles. The van der Waals surface area contributed by atoms with E-state index in [2.05, 4.69) is 26.1 Å². The van der Waals surface area contributed by atoms with Crippen LogP contribution in [0, 0.1) is 0 Å². The second-order valence-electron chi connectivity index (χ2n) is 3.83. The molecule has 0 aromatic carbocycles. The van der Waals surface area contributed by atoms with E-state index in [9.17, 15) is 0 Å². The van der Waals surface area contributed by atoms with Gasteiger partial charge in [-0.05, 0) is 26.0 Å². The normalized spacial score (nSPS) is 15.2. The lowest BCUT2D eigenvalue weighted by Gasteiger charge is -2.19. The Morgan fingerprint density at radius 1 is 1.33 bits per heavy atom. The molecule has 0 saturated heterocycles. The van der Waals surface area contributed by atoms with Gasteiger partial charge in [-0.3, -0.25) is 0 Å². The van der Waals surface area contributed by atoms with Gasteiger partial charge >= 0.3 is 0 Å². The third-order valence-electron chi connectivity index (χ3n) is 2.74. The second kappa shape index (κ2) is 5.93. The van der Waals surface area contributed by atoms with Crippen molar-refractivity contribution in [2.24, 2.45) is 0 Å². The molecule has 1 aromatic heterocycles. The van der Waals surface area contributed by atoms with Crippen LogP contribution in [-0.2, 0) is 17.7 Å². The van der Waals surface area contributed by atoms with Crippen molar-refractivity contribution in [3.8, 4) is 0 Å². The van der Waals surface area contributed by atoms with Gasteiger partial charge in [0, 0.05) is 19.6 Å². The molecule has 3 nitrogen and oxygen atoms in total. The van der Waals surface area contributed by atoms with E-state index in [4.69, 9.17) is 9.15 Å². The van der Waals surface area contributed by atoms with Crippen LogP contribution in [0.25, 0.3) is 0 Å². The molecule has 2 atom stereocenters. The third-order valence-corrected chi connectivity index (χ3v) is 2.74. The van der Waals surface area contributed by atoms with Crippen molar-refractivity contribution in [1.82, 2.24) is 5.32 Å². The lowest BCUT2D eigenvalue weighted by molar-refractivity contribution is 0.0875. The van der Waals surface area contributed by atoms with Crippen molar-refractivity contribution in [3.05, 3.63) is 23.7 Å². The van der Waals surface area contributed by atoms with E-state index in [0.717, 1.165) is 24.5 Å². The molecule has 1 rings (SSSR count). The van der Waals surface area contributed by atoms with Gasteiger partial charge in [0.15, 0.2) is 0 Å². The molecule has 0 aliphatic heterocycles. The smallest absolute Gasteiger partial charge is 0.117 e. The number of hydrogen-bond acceptors (Lipinski definition) is 3. The van der Waals surface area contributed by atoms with E-state index in [1.54, 1.807) is 7.11 Å². The Morgan fingerprint density at radius 3 is 2.53 bits per heavy atom. The molecule has 0 spiro atoms. The summed E-state index contributed by atoms with van der Waals surface area (Å²) in [4.78, 5) is 0. The van der Waals surface area contributed by atoms with Gasteiger partial charge in [0.2, 0.25) is 0 Å². The fourth-order valence-electron chi connectivity index (χ4n) is 1.34. The molecule has 0 saturated carbocycles. The molecule has 1 aromatic rings. The quantitative estimate of drug-likeness (QED) is 0.784. The SMILES string of the molecule is CCc1ccc(CN[C@@H](C)[C@H](C)OC)o1. The van der Waals surface area contributed by atoms with E-state index in [0.29, 0.717) is 6.04 Å². The molecule has 1 N–H and O–H groups in total.